The highest BCUT2D eigenvalue weighted by molar-refractivity contribution is 7.86. The summed E-state index contributed by atoms with van der Waals surface area (Å²) < 4.78 is 59.5. The van der Waals surface area contributed by atoms with Crippen LogP contribution in [0.15, 0.2) is 0 Å². The van der Waals surface area contributed by atoms with Gasteiger partial charge in [0.1, 0.15) is 5.25 Å². The first-order valence-electron chi connectivity index (χ1n) is 7.84. The third kappa shape index (κ3) is 12.9. The fourth-order valence-corrected chi connectivity index (χ4v) is 3.79. The summed E-state index contributed by atoms with van der Waals surface area (Å²) in [5.74, 6) is -0.382. The number of hydrogen-bond acceptors (Lipinski definition) is 9. The van der Waals surface area contributed by atoms with Crippen molar-refractivity contribution < 1.29 is 46.4 Å². The Hall–Kier alpha value is -0.380. The SMILES string of the molecule is CCC(C)(C)C(C(O)O)S(=O)(=O)O.O=S(=O)(O)CCN(CCO)CCO. The Morgan fingerprint density at radius 1 is 0.923 bits per heavy atom. The highest BCUT2D eigenvalue weighted by atomic mass is 32.2. The molecule has 0 saturated carbocycles. The van der Waals surface area contributed by atoms with Crippen molar-refractivity contribution in [2.75, 3.05) is 38.6 Å². The molecule has 0 aliphatic carbocycles. The maximum absolute atomic E-state index is 10.8. The molecular formula is C13H31NO10S2. The van der Waals surface area contributed by atoms with Gasteiger partial charge in [0.15, 0.2) is 6.29 Å². The molecule has 0 aromatic heterocycles. The molecule has 6 N–H and O–H groups in total. The molecule has 0 aromatic carbocycles. The number of aliphatic hydroxyl groups excluding tert-OH is 3. The fraction of sp³-hybridized carbons (Fsp3) is 1.00. The number of nitrogens with zero attached hydrogens (tertiary/aromatic N) is 1. The van der Waals surface area contributed by atoms with Gasteiger partial charge in [0.05, 0.1) is 19.0 Å². The second kappa shape index (κ2) is 12.2. The van der Waals surface area contributed by atoms with E-state index in [-0.39, 0.29) is 38.6 Å². The van der Waals surface area contributed by atoms with Gasteiger partial charge in [-0.25, -0.2) is 0 Å². The fourth-order valence-electron chi connectivity index (χ4n) is 2.02. The molecule has 11 nitrogen and oxygen atoms in total. The van der Waals surface area contributed by atoms with E-state index < -0.39 is 37.2 Å². The predicted molar refractivity (Wildman–Crippen MR) is 94.7 cm³/mol. The van der Waals surface area contributed by atoms with Gasteiger partial charge < -0.3 is 20.4 Å². The van der Waals surface area contributed by atoms with Gasteiger partial charge in [-0.15, -0.1) is 0 Å². The maximum atomic E-state index is 10.8. The predicted octanol–water partition coefficient (Wildman–Crippen LogP) is -1.85. The van der Waals surface area contributed by atoms with E-state index in [1.807, 2.05) is 0 Å². The van der Waals surface area contributed by atoms with Crippen molar-refractivity contribution in [2.45, 2.75) is 38.7 Å². The van der Waals surface area contributed by atoms with E-state index >= 15 is 0 Å². The standard InChI is InChI=1S/C7H16O5S.C6H15NO5S/c1-4-7(2,3)5(6(8)9)13(10,11)12;8-4-1-7(2-5-9)3-6-13(10,11)12/h5-6,8-9H,4H2,1-3H3,(H,10,11,12);8-9H,1-6H2,(H,10,11,12). The molecule has 0 bridgehead atoms. The van der Waals surface area contributed by atoms with E-state index in [9.17, 15) is 16.8 Å². The lowest BCUT2D eigenvalue weighted by Gasteiger charge is -2.31. The van der Waals surface area contributed by atoms with Gasteiger partial charge >= 0.3 is 0 Å². The van der Waals surface area contributed by atoms with Crippen molar-refractivity contribution >= 4 is 20.2 Å². The van der Waals surface area contributed by atoms with Gasteiger partial charge in [-0.3, -0.25) is 14.0 Å². The quantitative estimate of drug-likeness (QED) is 0.161. The second-order valence-electron chi connectivity index (χ2n) is 6.27. The van der Waals surface area contributed by atoms with E-state index in [4.69, 9.17) is 29.5 Å². The van der Waals surface area contributed by atoms with Crippen LogP contribution in [0, 0.1) is 5.41 Å². The van der Waals surface area contributed by atoms with Crippen LogP contribution in [-0.2, 0) is 20.2 Å². The molecule has 0 aliphatic rings. The molecule has 0 spiro atoms. The number of rotatable bonds is 11. The Labute approximate surface area is 154 Å². The van der Waals surface area contributed by atoms with E-state index in [0.717, 1.165) is 0 Å². The average Bonchev–Trinajstić information content (AvgIpc) is 2.42. The zero-order chi connectivity index (χ0) is 21.2. The highest BCUT2D eigenvalue weighted by Gasteiger charge is 2.42. The lowest BCUT2D eigenvalue weighted by Crippen LogP contribution is -2.45. The van der Waals surface area contributed by atoms with E-state index in [1.165, 1.54) is 0 Å². The van der Waals surface area contributed by atoms with Crippen LogP contribution < -0.4 is 0 Å². The Bertz CT molecular complexity index is 568. The van der Waals surface area contributed by atoms with Crippen LogP contribution in [0.3, 0.4) is 0 Å². The minimum Gasteiger partial charge on any atom is -0.395 e. The Morgan fingerprint density at radius 3 is 1.54 bits per heavy atom. The topological polar surface area (TPSA) is 193 Å². The summed E-state index contributed by atoms with van der Waals surface area (Å²) in [5.41, 5.74) is -0.873. The lowest BCUT2D eigenvalue weighted by molar-refractivity contribution is -0.0652. The van der Waals surface area contributed by atoms with Crippen molar-refractivity contribution in [3.05, 3.63) is 0 Å². The summed E-state index contributed by atoms with van der Waals surface area (Å²) in [6.45, 7) is 5.28. The van der Waals surface area contributed by atoms with Crippen LogP contribution in [0.1, 0.15) is 27.2 Å². The molecule has 0 fully saturated rings. The monoisotopic (exact) mass is 425 g/mol. The Balaban J connectivity index is 0. The van der Waals surface area contributed by atoms with Crippen LogP contribution in [0.4, 0.5) is 0 Å². The van der Waals surface area contributed by atoms with Crippen molar-refractivity contribution in [3.63, 3.8) is 0 Å². The molecule has 1 atom stereocenters. The van der Waals surface area contributed by atoms with Gasteiger partial charge in [-0.2, -0.15) is 16.8 Å². The molecule has 13 heteroatoms. The average molecular weight is 426 g/mol. The van der Waals surface area contributed by atoms with Crippen LogP contribution in [0.2, 0.25) is 0 Å². The van der Waals surface area contributed by atoms with Gasteiger partial charge in [0.25, 0.3) is 20.2 Å². The zero-order valence-electron chi connectivity index (χ0n) is 15.2. The van der Waals surface area contributed by atoms with Crippen LogP contribution in [0.5, 0.6) is 0 Å². The van der Waals surface area contributed by atoms with Crippen LogP contribution in [-0.4, -0.2) is 101 Å². The lowest BCUT2D eigenvalue weighted by atomic mass is 9.86. The Kier molecular flexibility index (Phi) is 13.0. The largest absolute Gasteiger partial charge is 0.395 e. The zero-order valence-corrected chi connectivity index (χ0v) is 16.8. The normalized spacial score (nSPS) is 14.3. The van der Waals surface area contributed by atoms with Gasteiger partial charge in [0.2, 0.25) is 0 Å². The molecule has 0 rings (SSSR count). The summed E-state index contributed by atoms with van der Waals surface area (Å²) in [6, 6.07) is 0. The summed E-state index contributed by atoms with van der Waals surface area (Å²) >= 11 is 0. The summed E-state index contributed by atoms with van der Waals surface area (Å²) in [4.78, 5) is 1.55. The first kappa shape index (κ1) is 27.8. The molecule has 0 amide bonds. The van der Waals surface area contributed by atoms with Crippen molar-refractivity contribution in [3.8, 4) is 0 Å². The molecule has 0 aromatic rings. The molecule has 1 unspecified atom stereocenters. The van der Waals surface area contributed by atoms with Crippen LogP contribution >= 0.6 is 0 Å². The molecule has 0 aliphatic heterocycles. The summed E-state index contributed by atoms with van der Waals surface area (Å²) in [5, 5.41) is 33.2. The van der Waals surface area contributed by atoms with E-state index in [0.29, 0.717) is 6.42 Å². The number of aliphatic hydroxyl groups is 4. The molecular weight excluding hydrogens is 394 g/mol. The maximum Gasteiger partial charge on any atom is 0.273 e. The van der Waals surface area contributed by atoms with E-state index in [2.05, 4.69) is 0 Å². The number of hydrogen-bond donors (Lipinski definition) is 6. The van der Waals surface area contributed by atoms with Gasteiger partial charge in [-0.05, 0) is 11.8 Å². The summed E-state index contributed by atoms with van der Waals surface area (Å²) in [7, 11) is -8.39. The Morgan fingerprint density at radius 2 is 1.35 bits per heavy atom. The molecule has 160 valence electrons. The highest BCUT2D eigenvalue weighted by Crippen LogP contribution is 2.31. The van der Waals surface area contributed by atoms with Gasteiger partial charge in [-0.1, -0.05) is 20.8 Å². The first-order chi connectivity index (χ1) is 11.6. The second-order valence-corrected chi connectivity index (χ2v) is 9.38. The third-order valence-corrected chi connectivity index (χ3v) is 5.99. The first-order valence-corrected chi connectivity index (χ1v) is 10.9. The third-order valence-electron chi connectivity index (χ3n) is 3.77. The van der Waals surface area contributed by atoms with Crippen molar-refractivity contribution in [2.24, 2.45) is 5.41 Å². The van der Waals surface area contributed by atoms with Crippen LogP contribution in [0.25, 0.3) is 0 Å². The molecule has 0 radical (unpaired) electrons. The minimum atomic E-state index is -4.43. The molecule has 0 heterocycles. The van der Waals surface area contributed by atoms with Crippen molar-refractivity contribution in [1.29, 1.82) is 0 Å². The smallest absolute Gasteiger partial charge is 0.273 e. The van der Waals surface area contributed by atoms with E-state index in [1.54, 1.807) is 25.7 Å². The van der Waals surface area contributed by atoms with Crippen molar-refractivity contribution in [1.82, 2.24) is 4.90 Å². The minimum absolute atomic E-state index is 0.106. The summed E-state index contributed by atoms with van der Waals surface area (Å²) in [6.07, 6.45) is -1.65. The van der Waals surface area contributed by atoms with Gasteiger partial charge in [0, 0.05) is 19.6 Å². The molecule has 0 saturated heterocycles. The molecule has 26 heavy (non-hydrogen) atoms.